The molecule has 4 rings (SSSR count). The largest absolute Gasteiger partial charge is 0.336 e. The molecule has 3 N–H and O–H groups in total. The minimum Gasteiger partial charge on any atom is -0.336 e. The zero-order valence-corrected chi connectivity index (χ0v) is 20.5. The Hall–Kier alpha value is -3.69. The molecule has 1 unspecified atom stereocenters. The van der Waals surface area contributed by atoms with E-state index in [0.717, 1.165) is 30.0 Å². The van der Waals surface area contributed by atoms with Crippen molar-refractivity contribution < 1.29 is 14.4 Å². The Morgan fingerprint density at radius 1 is 1.00 bits per heavy atom. The standard InChI is InChI=1S/C25H24ClN5O3S/c1-16(32)28-25-27-14-5-15-31(25)19-10-8-18(9-11-19)29-24(34)22(17-6-3-2-4-7-17)30-23(33)20-12-13-21(26)35-20/h2-4,6-13,22H,5,14-15H2,1H3,(H,29,34)(H,30,33)(H,27,28,32). The summed E-state index contributed by atoms with van der Waals surface area (Å²) in [4.78, 5) is 44.2. The summed E-state index contributed by atoms with van der Waals surface area (Å²) in [5.74, 6) is -0.422. The molecule has 1 aliphatic heterocycles. The highest BCUT2D eigenvalue weighted by Gasteiger charge is 2.24. The summed E-state index contributed by atoms with van der Waals surface area (Å²) >= 11 is 7.11. The van der Waals surface area contributed by atoms with E-state index in [-0.39, 0.29) is 17.7 Å². The van der Waals surface area contributed by atoms with Crippen LogP contribution in [-0.2, 0) is 9.59 Å². The predicted molar refractivity (Wildman–Crippen MR) is 139 cm³/mol. The van der Waals surface area contributed by atoms with E-state index in [4.69, 9.17) is 11.6 Å². The van der Waals surface area contributed by atoms with Crippen molar-refractivity contribution in [3.05, 3.63) is 81.5 Å². The average Bonchev–Trinajstić information content (AvgIpc) is 3.30. The van der Waals surface area contributed by atoms with Gasteiger partial charge in [-0.15, -0.1) is 11.3 Å². The highest BCUT2D eigenvalue weighted by Crippen LogP contribution is 2.24. The van der Waals surface area contributed by atoms with Crippen LogP contribution in [0, 0.1) is 0 Å². The molecular weight excluding hydrogens is 486 g/mol. The number of anilines is 2. The second-order valence-corrected chi connectivity index (χ2v) is 9.56. The van der Waals surface area contributed by atoms with Gasteiger partial charge in [0.1, 0.15) is 6.04 Å². The number of halogens is 1. The van der Waals surface area contributed by atoms with Crippen molar-refractivity contribution in [1.82, 2.24) is 10.6 Å². The second kappa shape index (κ2) is 11.2. The number of carbonyl (C=O) groups excluding carboxylic acids is 3. The molecule has 2 aromatic carbocycles. The van der Waals surface area contributed by atoms with Crippen LogP contribution in [0.3, 0.4) is 0 Å². The van der Waals surface area contributed by atoms with Gasteiger partial charge < -0.3 is 15.5 Å². The van der Waals surface area contributed by atoms with E-state index in [1.807, 2.05) is 35.2 Å². The minimum atomic E-state index is -0.898. The molecular formula is C25H24ClN5O3S. The average molecular weight is 510 g/mol. The second-order valence-electron chi connectivity index (χ2n) is 7.85. The lowest BCUT2D eigenvalue weighted by Crippen LogP contribution is -2.46. The van der Waals surface area contributed by atoms with Gasteiger partial charge in [-0.1, -0.05) is 41.9 Å². The lowest BCUT2D eigenvalue weighted by atomic mass is 10.1. The number of amides is 3. The highest BCUT2D eigenvalue weighted by molar-refractivity contribution is 7.18. The van der Waals surface area contributed by atoms with Crippen molar-refractivity contribution in [2.24, 2.45) is 4.99 Å². The van der Waals surface area contributed by atoms with Gasteiger partial charge in [0.05, 0.1) is 9.21 Å². The van der Waals surface area contributed by atoms with Gasteiger partial charge in [-0.05, 0) is 48.4 Å². The van der Waals surface area contributed by atoms with Crippen molar-refractivity contribution in [2.45, 2.75) is 19.4 Å². The number of nitrogens with zero attached hydrogens (tertiary/aromatic N) is 2. The molecule has 0 saturated carbocycles. The molecule has 1 atom stereocenters. The molecule has 3 aromatic rings. The molecule has 1 aromatic heterocycles. The van der Waals surface area contributed by atoms with Gasteiger partial charge in [0.15, 0.2) is 0 Å². The monoisotopic (exact) mass is 509 g/mol. The smallest absolute Gasteiger partial charge is 0.262 e. The van der Waals surface area contributed by atoms with Crippen LogP contribution in [0.1, 0.15) is 34.6 Å². The zero-order valence-electron chi connectivity index (χ0n) is 19.0. The van der Waals surface area contributed by atoms with Crippen molar-refractivity contribution >= 4 is 58.0 Å². The van der Waals surface area contributed by atoms with Gasteiger partial charge >= 0.3 is 0 Å². The molecule has 0 radical (unpaired) electrons. The third-order valence-electron chi connectivity index (χ3n) is 5.26. The Labute approximate surface area is 212 Å². The Kier molecular flexibility index (Phi) is 7.79. The van der Waals surface area contributed by atoms with Crippen LogP contribution >= 0.6 is 22.9 Å². The minimum absolute atomic E-state index is 0.182. The number of benzene rings is 2. The van der Waals surface area contributed by atoms with E-state index < -0.39 is 6.04 Å². The molecule has 0 spiro atoms. The van der Waals surface area contributed by atoms with E-state index in [9.17, 15) is 14.4 Å². The first kappa shape index (κ1) is 24.4. The summed E-state index contributed by atoms with van der Waals surface area (Å²) in [5, 5.41) is 8.45. The van der Waals surface area contributed by atoms with Gasteiger partial charge in [-0.25, -0.2) is 0 Å². The maximum Gasteiger partial charge on any atom is 0.262 e. The molecule has 180 valence electrons. The summed E-state index contributed by atoms with van der Waals surface area (Å²) in [6.45, 7) is 2.83. The van der Waals surface area contributed by atoms with Crippen molar-refractivity contribution in [3.8, 4) is 0 Å². The van der Waals surface area contributed by atoms with Gasteiger partial charge in [-0.3, -0.25) is 24.7 Å². The number of hydrogen-bond acceptors (Lipinski definition) is 6. The van der Waals surface area contributed by atoms with Crippen LogP contribution in [0.5, 0.6) is 0 Å². The van der Waals surface area contributed by atoms with Crippen LogP contribution in [0.25, 0.3) is 0 Å². The molecule has 0 saturated heterocycles. The first-order valence-corrected chi connectivity index (χ1v) is 12.2. The third-order valence-corrected chi connectivity index (χ3v) is 6.49. The van der Waals surface area contributed by atoms with Gasteiger partial charge in [-0.2, -0.15) is 0 Å². The normalized spacial score (nSPS) is 14.0. The van der Waals surface area contributed by atoms with Crippen LogP contribution in [0.2, 0.25) is 4.34 Å². The van der Waals surface area contributed by atoms with E-state index in [2.05, 4.69) is 20.9 Å². The van der Waals surface area contributed by atoms with Crippen LogP contribution in [-0.4, -0.2) is 36.8 Å². The number of carbonyl (C=O) groups is 3. The van der Waals surface area contributed by atoms with Crippen molar-refractivity contribution in [3.63, 3.8) is 0 Å². The lowest BCUT2D eigenvalue weighted by molar-refractivity contribution is -0.118. The van der Waals surface area contributed by atoms with Crippen LogP contribution in [0.4, 0.5) is 11.4 Å². The lowest BCUT2D eigenvalue weighted by Gasteiger charge is -2.29. The van der Waals surface area contributed by atoms with Crippen LogP contribution in [0.15, 0.2) is 71.7 Å². The maximum atomic E-state index is 13.2. The number of aliphatic imine (C=N–C) groups is 1. The first-order valence-electron chi connectivity index (χ1n) is 11.0. The topological polar surface area (TPSA) is 103 Å². The fourth-order valence-electron chi connectivity index (χ4n) is 3.64. The van der Waals surface area contributed by atoms with Gasteiger partial charge in [0, 0.05) is 31.4 Å². The van der Waals surface area contributed by atoms with Gasteiger partial charge in [0.25, 0.3) is 11.8 Å². The predicted octanol–water partition coefficient (Wildman–Crippen LogP) is 4.21. The third kappa shape index (κ3) is 6.26. The van der Waals surface area contributed by atoms with Crippen LogP contribution < -0.4 is 20.9 Å². The summed E-state index contributed by atoms with van der Waals surface area (Å²) < 4.78 is 0.497. The Bertz CT molecular complexity index is 1240. The molecule has 0 aliphatic carbocycles. The summed E-state index contributed by atoms with van der Waals surface area (Å²) in [6, 6.07) is 18.7. The molecule has 1 aliphatic rings. The number of guanidine groups is 1. The van der Waals surface area contributed by atoms with E-state index in [1.54, 1.807) is 36.4 Å². The molecule has 35 heavy (non-hydrogen) atoms. The first-order chi connectivity index (χ1) is 16.9. The zero-order chi connectivity index (χ0) is 24.8. The van der Waals surface area contributed by atoms with Gasteiger partial charge in [0.2, 0.25) is 11.9 Å². The summed E-state index contributed by atoms with van der Waals surface area (Å²) in [5.41, 5.74) is 2.07. The fraction of sp³-hybridized carbons (Fsp3) is 0.200. The summed E-state index contributed by atoms with van der Waals surface area (Å²) in [7, 11) is 0. The molecule has 0 bridgehead atoms. The summed E-state index contributed by atoms with van der Waals surface area (Å²) in [6.07, 6.45) is 0.871. The molecule has 10 heteroatoms. The molecule has 2 heterocycles. The van der Waals surface area contributed by atoms with Crippen molar-refractivity contribution in [1.29, 1.82) is 0 Å². The molecule has 3 amide bonds. The Balaban J connectivity index is 1.49. The fourth-order valence-corrected chi connectivity index (χ4v) is 4.59. The van der Waals surface area contributed by atoms with E-state index in [1.165, 1.54) is 6.92 Å². The number of hydrogen-bond donors (Lipinski definition) is 3. The Morgan fingerprint density at radius 3 is 2.40 bits per heavy atom. The van der Waals surface area contributed by atoms with E-state index in [0.29, 0.717) is 33.0 Å². The Morgan fingerprint density at radius 2 is 1.74 bits per heavy atom. The molecule has 8 nitrogen and oxygen atoms in total. The van der Waals surface area contributed by atoms with Crippen molar-refractivity contribution in [2.75, 3.05) is 23.3 Å². The quantitative estimate of drug-likeness (QED) is 0.463. The number of rotatable bonds is 6. The number of nitrogens with one attached hydrogen (secondary N) is 3. The number of thiophene rings is 1. The molecule has 0 fully saturated rings. The highest BCUT2D eigenvalue weighted by atomic mass is 35.5. The van der Waals surface area contributed by atoms with E-state index >= 15 is 0 Å². The SMILES string of the molecule is CC(=O)NC1=NCCCN1c1ccc(NC(=O)C(NC(=O)c2ccc(Cl)s2)c2ccccc2)cc1. The maximum absolute atomic E-state index is 13.2.